The molecule has 2 aromatic heterocycles. The molecule has 0 N–H and O–H groups in total. The molecule has 0 aromatic carbocycles. The van der Waals surface area contributed by atoms with Gasteiger partial charge in [-0.25, -0.2) is 9.50 Å². The Hall–Kier alpha value is -2.11. The summed E-state index contributed by atoms with van der Waals surface area (Å²) in [5.41, 5.74) is 2.96. The summed E-state index contributed by atoms with van der Waals surface area (Å²) < 4.78 is 1.89. The summed E-state index contributed by atoms with van der Waals surface area (Å²) in [5.74, 6) is 1.09. The van der Waals surface area contributed by atoms with Gasteiger partial charge < -0.3 is 9.80 Å². The first-order valence-electron chi connectivity index (χ1n) is 6.89. The molecule has 1 fully saturated rings. The zero-order valence-electron chi connectivity index (χ0n) is 12.1. The van der Waals surface area contributed by atoms with Gasteiger partial charge in [0.15, 0.2) is 5.65 Å². The van der Waals surface area contributed by atoms with Gasteiger partial charge in [0.2, 0.25) is 5.91 Å². The number of carbonyl (C=O) groups is 1. The van der Waals surface area contributed by atoms with E-state index in [9.17, 15) is 4.79 Å². The lowest BCUT2D eigenvalue weighted by atomic mass is 10.3. The second kappa shape index (κ2) is 4.77. The fraction of sp³-hybridized carbons (Fsp3) is 0.500. The maximum atomic E-state index is 11.3. The number of rotatable bonds is 1. The summed E-state index contributed by atoms with van der Waals surface area (Å²) >= 11 is 0. The summed E-state index contributed by atoms with van der Waals surface area (Å²) in [7, 11) is 0. The maximum absolute atomic E-state index is 11.3. The van der Waals surface area contributed by atoms with E-state index in [-0.39, 0.29) is 5.91 Å². The standard InChI is InChI=1S/C14H19N5O/c1-10-11(2)19-13(15-10)4-5-14(16-19)18-8-6-17(7-9-18)12(3)20/h4-5H,6-9H2,1-3H3. The van der Waals surface area contributed by atoms with Crippen LogP contribution in [-0.2, 0) is 4.79 Å². The second-order valence-electron chi connectivity index (χ2n) is 5.24. The van der Waals surface area contributed by atoms with Crippen molar-refractivity contribution in [3.63, 3.8) is 0 Å². The van der Waals surface area contributed by atoms with Crippen LogP contribution in [0.25, 0.3) is 5.65 Å². The van der Waals surface area contributed by atoms with E-state index in [1.54, 1.807) is 6.92 Å². The predicted molar refractivity (Wildman–Crippen MR) is 76.9 cm³/mol. The third-order valence-corrected chi connectivity index (χ3v) is 3.97. The number of carbonyl (C=O) groups excluding carboxylic acids is 1. The van der Waals surface area contributed by atoms with Gasteiger partial charge in [0.1, 0.15) is 5.82 Å². The summed E-state index contributed by atoms with van der Waals surface area (Å²) in [6.07, 6.45) is 0. The zero-order chi connectivity index (χ0) is 14.3. The number of hydrogen-bond donors (Lipinski definition) is 0. The Balaban J connectivity index is 1.84. The van der Waals surface area contributed by atoms with Gasteiger partial charge in [-0.15, -0.1) is 5.10 Å². The molecule has 3 heterocycles. The van der Waals surface area contributed by atoms with Crippen LogP contribution in [0.3, 0.4) is 0 Å². The first-order chi connectivity index (χ1) is 9.56. The van der Waals surface area contributed by atoms with Gasteiger partial charge in [-0.05, 0) is 26.0 Å². The molecule has 1 amide bonds. The lowest BCUT2D eigenvalue weighted by molar-refractivity contribution is -0.129. The summed E-state index contributed by atoms with van der Waals surface area (Å²) in [6.45, 7) is 8.82. The molecule has 20 heavy (non-hydrogen) atoms. The van der Waals surface area contributed by atoms with E-state index in [1.165, 1.54) is 0 Å². The van der Waals surface area contributed by atoms with Crippen LogP contribution in [0.2, 0.25) is 0 Å². The Kier molecular flexibility index (Phi) is 3.08. The Morgan fingerprint density at radius 3 is 2.50 bits per heavy atom. The highest BCUT2D eigenvalue weighted by atomic mass is 16.2. The van der Waals surface area contributed by atoms with Gasteiger partial charge in [0, 0.05) is 33.1 Å². The fourth-order valence-corrected chi connectivity index (χ4v) is 2.56. The average Bonchev–Trinajstić information content (AvgIpc) is 2.74. The number of piperazine rings is 1. The molecule has 1 saturated heterocycles. The molecule has 0 aliphatic carbocycles. The van der Waals surface area contributed by atoms with Crippen LogP contribution in [-0.4, -0.2) is 51.6 Å². The molecule has 6 nitrogen and oxygen atoms in total. The van der Waals surface area contributed by atoms with E-state index in [2.05, 4.69) is 15.0 Å². The van der Waals surface area contributed by atoms with Crippen molar-refractivity contribution in [1.82, 2.24) is 19.5 Å². The zero-order valence-corrected chi connectivity index (χ0v) is 12.1. The van der Waals surface area contributed by atoms with Gasteiger partial charge in [0.05, 0.1) is 11.4 Å². The smallest absolute Gasteiger partial charge is 0.219 e. The number of nitrogens with zero attached hydrogens (tertiary/aromatic N) is 5. The molecule has 0 atom stereocenters. The van der Waals surface area contributed by atoms with E-state index in [0.29, 0.717) is 0 Å². The Bertz CT molecular complexity index is 655. The number of fused-ring (bicyclic) bond motifs is 1. The van der Waals surface area contributed by atoms with Crippen molar-refractivity contribution >= 4 is 17.4 Å². The number of amides is 1. The predicted octanol–water partition coefficient (Wildman–Crippen LogP) is 1.01. The number of aromatic nitrogens is 3. The van der Waals surface area contributed by atoms with Gasteiger partial charge in [-0.2, -0.15) is 0 Å². The minimum absolute atomic E-state index is 0.147. The number of anilines is 1. The van der Waals surface area contributed by atoms with Crippen molar-refractivity contribution in [2.45, 2.75) is 20.8 Å². The molecule has 0 radical (unpaired) electrons. The van der Waals surface area contributed by atoms with Gasteiger partial charge in [-0.3, -0.25) is 4.79 Å². The van der Waals surface area contributed by atoms with Crippen LogP contribution >= 0.6 is 0 Å². The summed E-state index contributed by atoms with van der Waals surface area (Å²) in [5, 5.41) is 4.67. The normalized spacial score (nSPS) is 15.9. The minimum Gasteiger partial charge on any atom is -0.352 e. The highest BCUT2D eigenvalue weighted by molar-refractivity contribution is 5.73. The van der Waals surface area contributed by atoms with E-state index < -0.39 is 0 Å². The van der Waals surface area contributed by atoms with Crippen molar-refractivity contribution in [3.05, 3.63) is 23.5 Å². The number of hydrogen-bond acceptors (Lipinski definition) is 4. The Labute approximate surface area is 118 Å². The molecule has 106 valence electrons. The third kappa shape index (κ3) is 2.11. The highest BCUT2D eigenvalue weighted by Crippen LogP contribution is 2.16. The van der Waals surface area contributed by atoms with Gasteiger partial charge in [-0.1, -0.05) is 0 Å². The molecule has 1 aliphatic rings. The molecule has 0 spiro atoms. The average molecular weight is 273 g/mol. The van der Waals surface area contributed by atoms with Gasteiger partial charge >= 0.3 is 0 Å². The van der Waals surface area contributed by atoms with Crippen molar-refractivity contribution in [3.8, 4) is 0 Å². The lowest BCUT2D eigenvalue weighted by Gasteiger charge is -2.34. The van der Waals surface area contributed by atoms with Crippen LogP contribution in [0.5, 0.6) is 0 Å². The van der Waals surface area contributed by atoms with Crippen molar-refractivity contribution in [1.29, 1.82) is 0 Å². The van der Waals surface area contributed by atoms with Crippen molar-refractivity contribution in [2.24, 2.45) is 0 Å². The molecule has 0 unspecified atom stereocenters. The fourth-order valence-electron chi connectivity index (χ4n) is 2.56. The van der Waals surface area contributed by atoms with Crippen LogP contribution < -0.4 is 4.90 Å². The maximum Gasteiger partial charge on any atom is 0.219 e. The lowest BCUT2D eigenvalue weighted by Crippen LogP contribution is -2.48. The molecule has 0 bridgehead atoms. The van der Waals surface area contributed by atoms with E-state index in [0.717, 1.165) is 49.0 Å². The van der Waals surface area contributed by atoms with Crippen molar-refractivity contribution < 1.29 is 4.79 Å². The minimum atomic E-state index is 0.147. The molecule has 0 saturated carbocycles. The summed E-state index contributed by atoms with van der Waals surface area (Å²) in [4.78, 5) is 19.9. The van der Waals surface area contributed by atoms with E-state index >= 15 is 0 Å². The first-order valence-corrected chi connectivity index (χ1v) is 6.89. The SMILES string of the molecule is CC(=O)N1CCN(c2ccc3nc(C)c(C)n3n2)CC1. The first kappa shape index (κ1) is 12.9. The third-order valence-electron chi connectivity index (χ3n) is 3.97. The monoisotopic (exact) mass is 273 g/mol. The van der Waals surface area contributed by atoms with Crippen LogP contribution in [0.4, 0.5) is 5.82 Å². The van der Waals surface area contributed by atoms with Crippen LogP contribution in [0.15, 0.2) is 12.1 Å². The van der Waals surface area contributed by atoms with E-state index in [1.807, 2.05) is 35.4 Å². The molecule has 6 heteroatoms. The van der Waals surface area contributed by atoms with Crippen molar-refractivity contribution in [2.75, 3.05) is 31.1 Å². The molecular formula is C14H19N5O. The molecule has 2 aromatic rings. The highest BCUT2D eigenvalue weighted by Gasteiger charge is 2.20. The number of aryl methyl sites for hydroxylation is 2. The van der Waals surface area contributed by atoms with Gasteiger partial charge in [0.25, 0.3) is 0 Å². The molecular weight excluding hydrogens is 254 g/mol. The van der Waals surface area contributed by atoms with Crippen LogP contribution in [0, 0.1) is 13.8 Å². The quantitative estimate of drug-likeness (QED) is 0.778. The van der Waals surface area contributed by atoms with E-state index in [4.69, 9.17) is 0 Å². The topological polar surface area (TPSA) is 53.7 Å². The summed E-state index contributed by atoms with van der Waals surface area (Å²) in [6, 6.07) is 4.00. The van der Waals surface area contributed by atoms with Crippen LogP contribution in [0.1, 0.15) is 18.3 Å². The Morgan fingerprint density at radius 1 is 1.15 bits per heavy atom. The largest absolute Gasteiger partial charge is 0.352 e. The molecule has 1 aliphatic heterocycles. The molecule has 3 rings (SSSR count). The Morgan fingerprint density at radius 2 is 1.85 bits per heavy atom. The number of imidazole rings is 1. The second-order valence-corrected chi connectivity index (χ2v) is 5.24.